The van der Waals surface area contributed by atoms with Gasteiger partial charge < -0.3 is 9.42 Å². The Labute approximate surface area is 115 Å². The molecule has 8 nitrogen and oxygen atoms in total. The first-order chi connectivity index (χ1) is 9.52. The lowest BCUT2D eigenvalue weighted by Crippen LogP contribution is -2.52. The molecule has 0 bridgehead atoms. The van der Waals surface area contributed by atoms with Crippen molar-refractivity contribution < 1.29 is 9.32 Å². The third-order valence-electron chi connectivity index (χ3n) is 3.26. The molecule has 0 saturated carbocycles. The number of hydrogen-bond acceptors (Lipinski definition) is 5. The summed E-state index contributed by atoms with van der Waals surface area (Å²) >= 11 is 0. The first-order valence-electron chi connectivity index (χ1n) is 6.42. The zero-order valence-corrected chi connectivity index (χ0v) is 11.6. The minimum Gasteiger partial charge on any atom is -0.338 e. The molecule has 0 atom stereocenters. The van der Waals surface area contributed by atoms with E-state index in [1.54, 1.807) is 17.9 Å². The Morgan fingerprint density at radius 1 is 1.40 bits per heavy atom. The van der Waals surface area contributed by atoms with E-state index in [1.807, 2.05) is 18.5 Å². The number of aryl methyl sites for hydroxylation is 3. The van der Waals surface area contributed by atoms with Crippen LogP contribution in [-0.4, -0.2) is 43.9 Å². The third kappa shape index (κ3) is 2.24. The second kappa shape index (κ2) is 4.62. The van der Waals surface area contributed by atoms with E-state index in [0.717, 1.165) is 17.3 Å². The number of urea groups is 1. The highest BCUT2D eigenvalue weighted by atomic mass is 16.5. The minimum atomic E-state index is -0.188. The van der Waals surface area contributed by atoms with Crippen molar-refractivity contribution in [3.63, 3.8) is 0 Å². The van der Waals surface area contributed by atoms with Gasteiger partial charge in [0.25, 0.3) is 0 Å². The molecule has 3 rings (SSSR count). The van der Waals surface area contributed by atoms with Crippen LogP contribution in [0.25, 0.3) is 0 Å². The summed E-state index contributed by atoms with van der Waals surface area (Å²) in [6.45, 7) is 6.80. The highest BCUT2D eigenvalue weighted by molar-refractivity contribution is 5.88. The van der Waals surface area contributed by atoms with E-state index in [4.69, 9.17) is 4.52 Å². The average molecular weight is 276 g/mol. The number of nitrogens with zero attached hydrogens (tertiary/aromatic N) is 5. The van der Waals surface area contributed by atoms with Crippen LogP contribution >= 0.6 is 0 Å². The highest BCUT2D eigenvalue weighted by Crippen LogP contribution is 2.22. The molecule has 20 heavy (non-hydrogen) atoms. The first kappa shape index (κ1) is 12.6. The molecule has 1 N–H and O–H groups in total. The van der Waals surface area contributed by atoms with Gasteiger partial charge in [-0.3, -0.25) is 5.32 Å². The van der Waals surface area contributed by atoms with E-state index in [9.17, 15) is 4.79 Å². The third-order valence-corrected chi connectivity index (χ3v) is 3.26. The molecule has 0 aromatic carbocycles. The minimum absolute atomic E-state index is 0.188. The van der Waals surface area contributed by atoms with Crippen LogP contribution in [-0.2, 0) is 0 Å². The topological polar surface area (TPSA) is 89.1 Å². The van der Waals surface area contributed by atoms with Gasteiger partial charge in [-0.1, -0.05) is 5.16 Å². The molecule has 8 heteroatoms. The lowest BCUT2D eigenvalue weighted by molar-refractivity contribution is 0.126. The number of amides is 2. The predicted molar refractivity (Wildman–Crippen MR) is 70.4 cm³/mol. The molecule has 2 amide bonds. The fourth-order valence-corrected chi connectivity index (χ4v) is 2.26. The van der Waals surface area contributed by atoms with Gasteiger partial charge in [0.2, 0.25) is 5.88 Å². The zero-order chi connectivity index (χ0) is 14.3. The molecule has 0 radical (unpaired) electrons. The number of aromatic nitrogens is 4. The van der Waals surface area contributed by atoms with Crippen LogP contribution in [0.4, 0.5) is 10.7 Å². The largest absolute Gasteiger partial charge is 0.338 e. The van der Waals surface area contributed by atoms with Crippen molar-refractivity contribution >= 4 is 11.9 Å². The lowest BCUT2D eigenvalue weighted by Gasteiger charge is -2.38. The van der Waals surface area contributed by atoms with Gasteiger partial charge in [0.15, 0.2) is 0 Å². The van der Waals surface area contributed by atoms with Gasteiger partial charge in [-0.15, -0.1) is 0 Å². The molecule has 1 fully saturated rings. The van der Waals surface area contributed by atoms with Gasteiger partial charge in [-0.25, -0.2) is 14.5 Å². The Morgan fingerprint density at radius 2 is 2.15 bits per heavy atom. The van der Waals surface area contributed by atoms with Crippen LogP contribution in [0, 0.1) is 20.8 Å². The maximum Gasteiger partial charge on any atom is 0.324 e. The van der Waals surface area contributed by atoms with Crippen LogP contribution in [0.3, 0.4) is 0 Å². The highest BCUT2D eigenvalue weighted by Gasteiger charge is 2.34. The summed E-state index contributed by atoms with van der Waals surface area (Å²) in [5, 5.41) is 10.7. The van der Waals surface area contributed by atoms with Crippen molar-refractivity contribution in [2.75, 3.05) is 18.4 Å². The van der Waals surface area contributed by atoms with E-state index < -0.39 is 0 Å². The second-order valence-corrected chi connectivity index (χ2v) is 4.97. The van der Waals surface area contributed by atoms with Crippen molar-refractivity contribution in [3.8, 4) is 0 Å². The number of carbonyl (C=O) groups is 1. The summed E-state index contributed by atoms with van der Waals surface area (Å²) in [5.41, 5.74) is 0.732. The Kier molecular flexibility index (Phi) is 2.92. The van der Waals surface area contributed by atoms with Gasteiger partial charge in [-0.05, 0) is 20.8 Å². The van der Waals surface area contributed by atoms with Crippen molar-refractivity contribution in [1.29, 1.82) is 0 Å². The summed E-state index contributed by atoms with van der Waals surface area (Å²) in [6.07, 6.45) is 0. The van der Waals surface area contributed by atoms with Crippen molar-refractivity contribution in [2.24, 2.45) is 0 Å². The summed E-state index contributed by atoms with van der Waals surface area (Å²) in [5.74, 6) is 1.99. The lowest BCUT2D eigenvalue weighted by atomic mass is 10.1. The van der Waals surface area contributed by atoms with Gasteiger partial charge in [-0.2, -0.15) is 5.10 Å². The summed E-state index contributed by atoms with van der Waals surface area (Å²) in [4.78, 5) is 17.9. The molecule has 2 aromatic rings. The van der Waals surface area contributed by atoms with E-state index in [2.05, 4.69) is 20.6 Å². The summed E-state index contributed by atoms with van der Waals surface area (Å²) in [6, 6.07) is 1.69. The number of nitrogens with one attached hydrogen (secondary N) is 1. The normalized spacial score (nSPS) is 15.2. The van der Waals surface area contributed by atoms with Gasteiger partial charge in [0, 0.05) is 19.2 Å². The molecule has 0 aliphatic carbocycles. The predicted octanol–water partition coefficient (Wildman–Crippen LogP) is 1.28. The standard InChI is InChI=1S/C12H16N6O2/c1-7-4-11(20-16-7)14-12(19)17-5-10(6-17)18-9(3)13-8(2)15-18/h4,10H,5-6H2,1-3H3,(H,14,19). The molecule has 1 aliphatic heterocycles. The Morgan fingerprint density at radius 3 is 2.70 bits per heavy atom. The van der Waals surface area contributed by atoms with Gasteiger partial charge in [0.1, 0.15) is 11.6 Å². The molecule has 2 aromatic heterocycles. The van der Waals surface area contributed by atoms with Crippen molar-refractivity contribution in [3.05, 3.63) is 23.4 Å². The SMILES string of the molecule is Cc1cc(NC(=O)N2CC(n3nc(C)nc3C)C2)on1. The van der Waals surface area contributed by atoms with E-state index in [1.165, 1.54) is 0 Å². The van der Waals surface area contributed by atoms with Crippen LogP contribution in [0.5, 0.6) is 0 Å². The molecular formula is C12H16N6O2. The van der Waals surface area contributed by atoms with Crippen LogP contribution < -0.4 is 5.32 Å². The smallest absolute Gasteiger partial charge is 0.324 e. The Bertz CT molecular complexity index is 640. The van der Waals surface area contributed by atoms with Crippen LogP contribution in [0.1, 0.15) is 23.4 Å². The average Bonchev–Trinajstić information content (AvgIpc) is 2.84. The number of likely N-dealkylation sites (tertiary alicyclic amines) is 1. The van der Waals surface area contributed by atoms with Gasteiger partial charge >= 0.3 is 6.03 Å². The summed E-state index contributed by atoms with van der Waals surface area (Å²) < 4.78 is 6.82. The maximum atomic E-state index is 12.0. The second-order valence-electron chi connectivity index (χ2n) is 4.97. The number of anilines is 1. The Balaban J connectivity index is 1.57. The fourth-order valence-electron chi connectivity index (χ4n) is 2.26. The monoisotopic (exact) mass is 276 g/mol. The zero-order valence-electron chi connectivity index (χ0n) is 11.6. The van der Waals surface area contributed by atoms with Crippen LogP contribution in [0.2, 0.25) is 0 Å². The van der Waals surface area contributed by atoms with Crippen LogP contribution in [0.15, 0.2) is 10.6 Å². The molecular weight excluding hydrogens is 260 g/mol. The van der Waals surface area contributed by atoms with Crippen molar-refractivity contribution in [2.45, 2.75) is 26.8 Å². The molecule has 3 heterocycles. The maximum absolute atomic E-state index is 12.0. The quantitative estimate of drug-likeness (QED) is 0.892. The number of carbonyl (C=O) groups excluding carboxylic acids is 1. The molecule has 0 spiro atoms. The molecule has 1 aliphatic rings. The Hall–Kier alpha value is -2.38. The fraction of sp³-hybridized carbons (Fsp3) is 0.500. The molecule has 106 valence electrons. The van der Waals surface area contributed by atoms with Crippen molar-refractivity contribution in [1.82, 2.24) is 24.8 Å². The number of rotatable bonds is 2. The van der Waals surface area contributed by atoms with Gasteiger partial charge in [0.05, 0.1) is 11.7 Å². The first-order valence-corrected chi connectivity index (χ1v) is 6.42. The molecule has 0 unspecified atom stereocenters. The van der Waals surface area contributed by atoms with E-state index >= 15 is 0 Å². The van der Waals surface area contributed by atoms with E-state index in [0.29, 0.717) is 19.0 Å². The van der Waals surface area contributed by atoms with E-state index in [-0.39, 0.29) is 12.1 Å². The molecule has 1 saturated heterocycles. The summed E-state index contributed by atoms with van der Waals surface area (Å²) in [7, 11) is 0. The number of hydrogen-bond donors (Lipinski definition) is 1.